The van der Waals surface area contributed by atoms with Crippen molar-refractivity contribution in [1.82, 2.24) is 9.88 Å². The van der Waals surface area contributed by atoms with E-state index in [4.69, 9.17) is 21.1 Å². The van der Waals surface area contributed by atoms with Gasteiger partial charge in [0.2, 0.25) is 5.88 Å². The SMILES string of the molecule is CCCc1ccc(OCC(=O)N(CC)CC)cc1Oc1ncc(C(F)(F)F)cc1Cl. The van der Waals surface area contributed by atoms with Crippen LogP contribution in [-0.2, 0) is 17.4 Å². The Kier molecular flexibility index (Phi) is 8.34. The summed E-state index contributed by atoms with van der Waals surface area (Å²) in [5.74, 6) is 0.470. The van der Waals surface area contributed by atoms with Crippen molar-refractivity contribution in [3.63, 3.8) is 0 Å². The number of aryl methyl sites for hydroxylation is 1. The molecule has 0 aliphatic rings. The number of carbonyl (C=O) groups is 1. The molecule has 0 saturated carbocycles. The van der Waals surface area contributed by atoms with E-state index in [1.807, 2.05) is 20.8 Å². The lowest BCUT2D eigenvalue weighted by Crippen LogP contribution is -2.34. The Bertz CT molecular complexity index is 871. The molecule has 0 aliphatic carbocycles. The van der Waals surface area contributed by atoms with E-state index in [0.717, 1.165) is 18.1 Å². The number of hydrogen-bond acceptors (Lipinski definition) is 4. The lowest BCUT2D eigenvalue weighted by molar-refractivity contribution is -0.138. The van der Waals surface area contributed by atoms with Gasteiger partial charge in [-0.15, -0.1) is 0 Å². The summed E-state index contributed by atoms with van der Waals surface area (Å²) < 4.78 is 49.7. The quantitative estimate of drug-likeness (QED) is 0.494. The largest absolute Gasteiger partial charge is 0.484 e. The highest BCUT2D eigenvalue weighted by Crippen LogP contribution is 2.36. The number of amides is 1. The summed E-state index contributed by atoms with van der Waals surface area (Å²) in [6.07, 6.45) is -2.38. The van der Waals surface area contributed by atoms with Crippen LogP contribution in [0.1, 0.15) is 38.3 Å². The van der Waals surface area contributed by atoms with E-state index in [-0.39, 0.29) is 23.4 Å². The Morgan fingerprint density at radius 2 is 1.87 bits per heavy atom. The number of carbonyl (C=O) groups excluding carboxylic acids is 1. The number of ether oxygens (including phenoxy) is 2. The molecule has 30 heavy (non-hydrogen) atoms. The van der Waals surface area contributed by atoms with E-state index in [1.165, 1.54) is 0 Å². The number of benzene rings is 1. The zero-order valence-electron chi connectivity index (χ0n) is 17.1. The highest BCUT2D eigenvalue weighted by atomic mass is 35.5. The third-order valence-electron chi connectivity index (χ3n) is 4.38. The fourth-order valence-electron chi connectivity index (χ4n) is 2.77. The molecule has 164 valence electrons. The average molecular weight is 445 g/mol. The van der Waals surface area contributed by atoms with Crippen molar-refractivity contribution in [3.05, 3.63) is 46.6 Å². The molecule has 0 aliphatic heterocycles. The van der Waals surface area contributed by atoms with Gasteiger partial charge in [0.05, 0.1) is 5.56 Å². The Balaban J connectivity index is 2.23. The van der Waals surface area contributed by atoms with Gasteiger partial charge in [-0.25, -0.2) is 4.98 Å². The highest BCUT2D eigenvalue weighted by molar-refractivity contribution is 6.31. The molecular formula is C21H24ClF3N2O3. The predicted octanol–water partition coefficient (Wildman–Crippen LogP) is 5.75. The van der Waals surface area contributed by atoms with Crippen molar-refractivity contribution in [2.45, 2.75) is 39.8 Å². The molecule has 5 nitrogen and oxygen atoms in total. The highest BCUT2D eigenvalue weighted by Gasteiger charge is 2.32. The smallest absolute Gasteiger partial charge is 0.417 e. The maximum atomic E-state index is 12.8. The maximum Gasteiger partial charge on any atom is 0.417 e. The van der Waals surface area contributed by atoms with Crippen LogP contribution in [-0.4, -0.2) is 35.5 Å². The second-order valence-electron chi connectivity index (χ2n) is 6.49. The third-order valence-corrected chi connectivity index (χ3v) is 4.65. The van der Waals surface area contributed by atoms with Crippen molar-refractivity contribution < 1.29 is 27.4 Å². The third kappa shape index (κ3) is 6.26. The summed E-state index contributed by atoms with van der Waals surface area (Å²) in [5, 5.41) is -0.254. The number of nitrogens with zero attached hydrogens (tertiary/aromatic N) is 2. The Morgan fingerprint density at radius 1 is 1.17 bits per heavy atom. The van der Waals surface area contributed by atoms with Crippen LogP contribution < -0.4 is 9.47 Å². The molecule has 1 amide bonds. The summed E-state index contributed by atoms with van der Waals surface area (Å²) in [4.78, 5) is 17.5. The molecule has 0 N–H and O–H groups in total. The minimum Gasteiger partial charge on any atom is -0.484 e. The van der Waals surface area contributed by atoms with E-state index in [1.54, 1.807) is 23.1 Å². The van der Waals surface area contributed by atoms with Crippen LogP contribution in [0.3, 0.4) is 0 Å². The molecule has 0 radical (unpaired) electrons. The van der Waals surface area contributed by atoms with Crippen LogP contribution >= 0.6 is 11.6 Å². The molecule has 0 spiro atoms. The number of likely N-dealkylation sites (N-methyl/N-ethyl adjacent to an activating group) is 1. The summed E-state index contributed by atoms with van der Waals surface area (Å²) in [7, 11) is 0. The van der Waals surface area contributed by atoms with Crippen LogP contribution in [0.15, 0.2) is 30.5 Å². The molecule has 1 aromatic carbocycles. The normalized spacial score (nSPS) is 11.3. The molecule has 0 bridgehead atoms. The first-order valence-corrected chi connectivity index (χ1v) is 10.0. The van der Waals surface area contributed by atoms with E-state index >= 15 is 0 Å². The number of halogens is 4. The first-order valence-electron chi connectivity index (χ1n) is 9.63. The molecule has 2 rings (SSSR count). The van der Waals surface area contributed by atoms with Gasteiger partial charge < -0.3 is 14.4 Å². The molecule has 0 atom stereocenters. The second-order valence-corrected chi connectivity index (χ2v) is 6.89. The van der Waals surface area contributed by atoms with Gasteiger partial charge in [0.1, 0.15) is 16.5 Å². The van der Waals surface area contributed by atoms with E-state index < -0.39 is 11.7 Å². The van der Waals surface area contributed by atoms with Crippen LogP contribution in [0.5, 0.6) is 17.4 Å². The fraction of sp³-hybridized carbons (Fsp3) is 0.429. The monoisotopic (exact) mass is 444 g/mol. The number of aromatic nitrogens is 1. The first-order chi connectivity index (χ1) is 14.2. The summed E-state index contributed by atoms with van der Waals surface area (Å²) in [5.41, 5.74) is -0.140. The molecular weight excluding hydrogens is 421 g/mol. The summed E-state index contributed by atoms with van der Waals surface area (Å²) >= 11 is 5.96. The topological polar surface area (TPSA) is 51.7 Å². The van der Waals surface area contributed by atoms with Crippen LogP contribution in [0.2, 0.25) is 5.02 Å². The lowest BCUT2D eigenvalue weighted by Gasteiger charge is -2.19. The van der Waals surface area contributed by atoms with Gasteiger partial charge in [0, 0.05) is 25.4 Å². The molecule has 1 aromatic heterocycles. The molecule has 1 heterocycles. The van der Waals surface area contributed by atoms with Crippen molar-refractivity contribution in [2.75, 3.05) is 19.7 Å². The Morgan fingerprint density at radius 3 is 2.43 bits per heavy atom. The molecule has 0 saturated heterocycles. The van der Waals surface area contributed by atoms with Crippen molar-refractivity contribution >= 4 is 17.5 Å². The van der Waals surface area contributed by atoms with Crippen molar-refractivity contribution in [1.29, 1.82) is 0 Å². The van der Waals surface area contributed by atoms with Gasteiger partial charge in [-0.1, -0.05) is 31.0 Å². The Hall–Kier alpha value is -2.48. The average Bonchev–Trinajstić information content (AvgIpc) is 2.69. The molecule has 0 unspecified atom stereocenters. The number of rotatable bonds is 9. The van der Waals surface area contributed by atoms with E-state index in [0.29, 0.717) is 37.2 Å². The summed E-state index contributed by atoms with van der Waals surface area (Å²) in [6, 6.07) is 5.85. The maximum absolute atomic E-state index is 12.8. The number of pyridine rings is 1. The second kappa shape index (κ2) is 10.5. The van der Waals surface area contributed by atoms with Crippen LogP contribution in [0.25, 0.3) is 0 Å². The van der Waals surface area contributed by atoms with Gasteiger partial charge in [-0.2, -0.15) is 13.2 Å². The van der Waals surface area contributed by atoms with E-state index in [2.05, 4.69) is 4.98 Å². The van der Waals surface area contributed by atoms with Crippen LogP contribution in [0, 0.1) is 0 Å². The first kappa shape index (κ1) is 23.8. The van der Waals surface area contributed by atoms with Gasteiger partial charge in [0.15, 0.2) is 6.61 Å². The summed E-state index contributed by atoms with van der Waals surface area (Å²) in [6.45, 7) is 6.79. The standard InChI is InChI=1S/C21H24ClF3N2O3/c1-4-7-14-8-9-16(29-13-19(28)27(5-2)6-3)11-18(14)30-20-17(22)10-15(12-26-20)21(23,24)25/h8-12H,4-7,13H2,1-3H3. The number of hydrogen-bond donors (Lipinski definition) is 0. The van der Waals surface area contributed by atoms with Gasteiger partial charge in [-0.3, -0.25) is 4.79 Å². The van der Waals surface area contributed by atoms with E-state index in [9.17, 15) is 18.0 Å². The van der Waals surface area contributed by atoms with Crippen LogP contribution in [0.4, 0.5) is 13.2 Å². The van der Waals surface area contributed by atoms with Crippen molar-refractivity contribution in [2.24, 2.45) is 0 Å². The fourth-order valence-corrected chi connectivity index (χ4v) is 2.97. The number of alkyl halides is 3. The molecule has 0 fully saturated rings. The molecule has 9 heteroatoms. The van der Waals surface area contributed by atoms with Gasteiger partial charge in [0.25, 0.3) is 5.91 Å². The Labute approximate surface area is 178 Å². The van der Waals surface area contributed by atoms with Gasteiger partial charge >= 0.3 is 6.18 Å². The van der Waals surface area contributed by atoms with Gasteiger partial charge in [-0.05, 0) is 38.0 Å². The lowest BCUT2D eigenvalue weighted by atomic mass is 10.1. The zero-order valence-corrected chi connectivity index (χ0v) is 17.8. The van der Waals surface area contributed by atoms with Crippen molar-refractivity contribution in [3.8, 4) is 17.4 Å². The molecule has 2 aromatic rings. The zero-order chi connectivity index (χ0) is 22.3. The predicted molar refractivity (Wildman–Crippen MR) is 108 cm³/mol. The minimum atomic E-state index is -4.55. The minimum absolute atomic E-state index is 0.131.